The Morgan fingerprint density at radius 1 is 1.03 bits per heavy atom. The van der Waals surface area contributed by atoms with Crippen LogP contribution in [0.25, 0.3) is 11.4 Å². The van der Waals surface area contributed by atoms with Gasteiger partial charge >= 0.3 is 0 Å². The lowest BCUT2D eigenvalue weighted by Crippen LogP contribution is -2.19. The van der Waals surface area contributed by atoms with Crippen LogP contribution in [0.15, 0.2) is 55.2 Å². The van der Waals surface area contributed by atoms with Crippen molar-refractivity contribution in [3.63, 3.8) is 0 Å². The summed E-state index contributed by atoms with van der Waals surface area (Å²) >= 11 is 0. The zero-order valence-corrected chi connectivity index (χ0v) is 18.1. The predicted octanol–water partition coefficient (Wildman–Crippen LogP) is 3.19. The number of ether oxygens (including phenoxy) is 1. The Morgan fingerprint density at radius 2 is 1.83 bits per heavy atom. The first kappa shape index (κ1) is 19.3. The van der Waals surface area contributed by atoms with Crippen LogP contribution < -0.4 is 20.7 Å². The standard InChI is InChI=1S/C23H18FN9O2/c1-26-23(34)16-11-29-19(33-20-12-27-14(7-25)10-28-20)6-18(16)32-17-5-3-4-15(21(17)35-2)22-30-8-13(24)9-31-22/h3-6,8-12H,1-2H3,(H,26,34)(H2,28,29,32,33)/i1D3. The second kappa shape index (κ2) is 10.2. The average molecular weight is 474 g/mol. The van der Waals surface area contributed by atoms with E-state index in [0.29, 0.717) is 11.3 Å². The molecule has 0 aliphatic heterocycles. The van der Waals surface area contributed by atoms with Gasteiger partial charge in [-0.1, -0.05) is 6.07 Å². The van der Waals surface area contributed by atoms with Gasteiger partial charge in [0.15, 0.2) is 23.1 Å². The van der Waals surface area contributed by atoms with Crippen LogP contribution in [0, 0.1) is 17.1 Å². The number of methoxy groups -OCH3 is 1. The number of amides is 1. The summed E-state index contributed by atoms with van der Waals surface area (Å²) in [4.78, 5) is 32.9. The number of rotatable bonds is 7. The lowest BCUT2D eigenvalue weighted by Gasteiger charge is -2.17. The van der Waals surface area contributed by atoms with Gasteiger partial charge in [0.1, 0.15) is 17.7 Å². The molecule has 174 valence electrons. The molecule has 1 amide bonds. The van der Waals surface area contributed by atoms with Crippen molar-refractivity contribution in [3.8, 4) is 23.2 Å². The SMILES string of the molecule is [2H]C([2H])([2H])NC(=O)c1cnc(Nc2cnc(C#N)cn2)cc1Nc1cccc(-c2ncc(F)cn2)c1OC. The fourth-order valence-electron chi connectivity index (χ4n) is 3.08. The number of benzene rings is 1. The van der Waals surface area contributed by atoms with E-state index in [1.807, 2.05) is 11.4 Å². The molecule has 11 nitrogen and oxygen atoms in total. The van der Waals surface area contributed by atoms with Gasteiger partial charge in [-0.3, -0.25) is 4.79 Å². The highest BCUT2D eigenvalue weighted by Crippen LogP contribution is 2.37. The van der Waals surface area contributed by atoms with Crippen LogP contribution in [-0.4, -0.2) is 44.9 Å². The Morgan fingerprint density at radius 3 is 2.51 bits per heavy atom. The molecule has 0 bridgehead atoms. The molecular formula is C23H18FN9O2. The van der Waals surface area contributed by atoms with Gasteiger partial charge < -0.3 is 20.7 Å². The highest BCUT2D eigenvalue weighted by molar-refractivity contribution is 6.00. The highest BCUT2D eigenvalue weighted by atomic mass is 19.1. The summed E-state index contributed by atoms with van der Waals surface area (Å²) in [5.74, 6) is -0.518. The summed E-state index contributed by atoms with van der Waals surface area (Å²) in [6, 6.07) is 8.31. The van der Waals surface area contributed by atoms with Crippen LogP contribution in [0.1, 0.15) is 20.2 Å². The Labute approximate surface area is 203 Å². The van der Waals surface area contributed by atoms with E-state index in [1.54, 1.807) is 18.2 Å². The average Bonchev–Trinajstić information content (AvgIpc) is 2.88. The molecule has 35 heavy (non-hydrogen) atoms. The maximum absolute atomic E-state index is 13.3. The Balaban J connectivity index is 1.74. The summed E-state index contributed by atoms with van der Waals surface area (Å²) in [6.07, 6.45) is 5.82. The van der Waals surface area contributed by atoms with Crippen molar-refractivity contribution < 1.29 is 18.0 Å². The van der Waals surface area contributed by atoms with E-state index in [0.717, 1.165) is 12.4 Å². The molecule has 0 saturated carbocycles. The van der Waals surface area contributed by atoms with Gasteiger partial charge in [-0.2, -0.15) is 5.26 Å². The molecule has 3 N–H and O–H groups in total. The molecule has 0 spiro atoms. The number of nitrogens with zero attached hydrogens (tertiary/aromatic N) is 6. The zero-order valence-electron chi connectivity index (χ0n) is 21.1. The molecule has 0 atom stereocenters. The van der Waals surface area contributed by atoms with Crippen LogP contribution in [-0.2, 0) is 0 Å². The molecule has 0 fully saturated rings. The normalized spacial score (nSPS) is 11.9. The molecule has 0 radical (unpaired) electrons. The molecule has 3 heterocycles. The molecule has 0 saturated heterocycles. The Kier molecular flexibility index (Phi) is 5.61. The largest absolute Gasteiger partial charge is 0.494 e. The third-order valence-corrected chi connectivity index (χ3v) is 4.63. The van der Waals surface area contributed by atoms with Crippen molar-refractivity contribution in [2.45, 2.75) is 0 Å². The topological polar surface area (TPSA) is 151 Å². The minimum atomic E-state index is -2.74. The van der Waals surface area contributed by atoms with E-state index in [1.165, 1.54) is 31.8 Å². The first-order valence-electron chi connectivity index (χ1n) is 11.4. The first-order valence-corrected chi connectivity index (χ1v) is 9.90. The summed E-state index contributed by atoms with van der Waals surface area (Å²) in [5, 5.41) is 16.8. The number of nitrogens with one attached hydrogen (secondary N) is 3. The van der Waals surface area contributed by atoms with E-state index >= 15 is 0 Å². The molecule has 4 aromatic rings. The molecular weight excluding hydrogens is 453 g/mol. The summed E-state index contributed by atoms with van der Waals surface area (Å²) in [5.41, 5.74) is 1.02. The number of anilines is 4. The number of aromatic nitrogens is 5. The first-order chi connectivity index (χ1) is 18.2. The number of pyridine rings is 1. The van der Waals surface area contributed by atoms with Crippen molar-refractivity contribution in [1.82, 2.24) is 30.2 Å². The lowest BCUT2D eigenvalue weighted by molar-refractivity contribution is 0.0963. The smallest absolute Gasteiger partial charge is 0.254 e. The molecule has 0 aliphatic carbocycles. The van der Waals surface area contributed by atoms with Gasteiger partial charge in [-0.05, 0) is 12.1 Å². The van der Waals surface area contributed by atoms with Gasteiger partial charge in [0, 0.05) is 23.4 Å². The minimum absolute atomic E-state index is 0.0805. The summed E-state index contributed by atoms with van der Waals surface area (Å²) in [6.45, 7) is -2.74. The summed E-state index contributed by atoms with van der Waals surface area (Å²) < 4.78 is 41.0. The minimum Gasteiger partial charge on any atom is -0.494 e. The van der Waals surface area contributed by atoms with E-state index in [4.69, 9.17) is 14.1 Å². The summed E-state index contributed by atoms with van der Waals surface area (Å²) in [7, 11) is 1.42. The number of nitriles is 1. The van der Waals surface area contributed by atoms with Crippen LogP contribution in [0.3, 0.4) is 0 Å². The number of hydrogen-bond acceptors (Lipinski definition) is 10. The van der Waals surface area contributed by atoms with Gasteiger partial charge in [0.2, 0.25) is 0 Å². The zero-order chi connectivity index (χ0) is 27.3. The van der Waals surface area contributed by atoms with Crippen LogP contribution in [0.2, 0.25) is 0 Å². The third-order valence-electron chi connectivity index (χ3n) is 4.63. The molecule has 4 rings (SSSR count). The van der Waals surface area contributed by atoms with Crippen LogP contribution in [0.4, 0.5) is 27.4 Å². The molecule has 12 heteroatoms. The number of para-hydroxylation sites is 1. The van der Waals surface area contributed by atoms with E-state index < -0.39 is 18.7 Å². The monoisotopic (exact) mass is 474 g/mol. The fourth-order valence-corrected chi connectivity index (χ4v) is 3.08. The molecule has 0 unspecified atom stereocenters. The van der Waals surface area contributed by atoms with E-state index in [2.05, 4.69) is 35.6 Å². The fraction of sp³-hybridized carbons (Fsp3) is 0.0870. The van der Waals surface area contributed by atoms with Gasteiger partial charge in [0.05, 0.1) is 54.4 Å². The maximum Gasteiger partial charge on any atom is 0.254 e. The van der Waals surface area contributed by atoms with Crippen LogP contribution >= 0.6 is 0 Å². The van der Waals surface area contributed by atoms with Crippen molar-refractivity contribution in [3.05, 3.63) is 72.3 Å². The van der Waals surface area contributed by atoms with Gasteiger partial charge in [-0.15, -0.1) is 0 Å². The number of halogens is 1. The molecule has 3 aromatic heterocycles. The van der Waals surface area contributed by atoms with E-state index in [9.17, 15) is 9.18 Å². The second-order valence-corrected chi connectivity index (χ2v) is 6.83. The third kappa shape index (κ3) is 5.09. The second-order valence-electron chi connectivity index (χ2n) is 6.83. The van der Waals surface area contributed by atoms with Crippen molar-refractivity contribution in [2.75, 3.05) is 24.7 Å². The van der Waals surface area contributed by atoms with Crippen molar-refractivity contribution in [2.24, 2.45) is 0 Å². The van der Waals surface area contributed by atoms with Gasteiger partial charge in [0.25, 0.3) is 5.91 Å². The maximum atomic E-state index is 13.3. The van der Waals surface area contributed by atoms with Gasteiger partial charge in [-0.25, -0.2) is 29.3 Å². The Hall–Kier alpha value is -5.18. The van der Waals surface area contributed by atoms with Crippen LogP contribution in [0.5, 0.6) is 5.75 Å². The Bertz CT molecular complexity index is 1510. The number of carbonyl (C=O) groups is 1. The predicted molar refractivity (Wildman–Crippen MR) is 125 cm³/mol. The lowest BCUT2D eigenvalue weighted by atomic mass is 10.1. The van der Waals surface area contributed by atoms with Crippen molar-refractivity contribution >= 4 is 28.9 Å². The highest BCUT2D eigenvalue weighted by Gasteiger charge is 2.17. The van der Waals surface area contributed by atoms with Crippen molar-refractivity contribution in [1.29, 1.82) is 5.26 Å². The quantitative estimate of drug-likeness (QED) is 0.364. The number of carbonyl (C=O) groups excluding carboxylic acids is 1. The molecule has 1 aromatic carbocycles. The molecule has 0 aliphatic rings. The van der Waals surface area contributed by atoms with E-state index in [-0.39, 0.29) is 40.2 Å². The number of hydrogen-bond donors (Lipinski definition) is 3.